The maximum atomic E-state index is 5.76. The number of rotatable bonds is 3. The van der Waals surface area contributed by atoms with Crippen molar-refractivity contribution in [2.75, 3.05) is 21.3 Å². The molecule has 0 fully saturated rings. The van der Waals surface area contributed by atoms with Crippen LogP contribution >= 0.6 is 0 Å². The van der Waals surface area contributed by atoms with Gasteiger partial charge in [0.15, 0.2) is 11.5 Å². The van der Waals surface area contributed by atoms with Crippen LogP contribution < -0.4 is 15.2 Å². The van der Waals surface area contributed by atoms with Crippen LogP contribution in [0.5, 0.6) is 11.5 Å². The van der Waals surface area contributed by atoms with E-state index in [0.29, 0.717) is 17.3 Å². The van der Waals surface area contributed by atoms with Crippen LogP contribution in [0, 0.1) is 6.92 Å². The van der Waals surface area contributed by atoms with Crippen molar-refractivity contribution in [2.24, 2.45) is 10.7 Å². The van der Waals surface area contributed by atoms with Gasteiger partial charge in [-0.3, -0.25) is 4.99 Å². The first kappa shape index (κ1) is 11.4. The average Bonchev–Trinajstić information content (AvgIpc) is 2.27. The summed E-state index contributed by atoms with van der Waals surface area (Å²) < 4.78 is 10.4. The monoisotopic (exact) mass is 208 g/mol. The van der Waals surface area contributed by atoms with Crippen molar-refractivity contribution < 1.29 is 9.47 Å². The summed E-state index contributed by atoms with van der Waals surface area (Å²) in [5.41, 5.74) is 7.64. The van der Waals surface area contributed by atoms with Crippen LogP contribution in [-0.4, -0.2) is 27.1 Å². The Morgan fingerprint density at radius 2 is 1.73 bits per heavy atom. The van der Waals surface area contributed by atoms with Gasteiger partial charge in [-0.25, -0.2) is 0 Å². The quantitative estimate of drug-likeness (QED) is 0.602. The second kappa shape index (κ2) is 4.68. The minimum atomic E-state index is 0.494. The van der Waals surface area contributed by atoms with Gasteiger partial charge in [-0.05, 0) is 24.6 Å². The summed E-state index contributed by atoms with van der Waals surface area (Å²) in [5, 5.41) is 0. The Morgan fingerprint density at radius 1 is 1.20 bits per heavy atom. The van der Waals surface area contributed by atoms with Crippen LogP contribution in [-0.2, 0) is 0 Å². The van der Waals surface area contributed by atoms with E-state index in [9.17, 15) is 0 Å². The molecule has 0 spiro atoms. The van der Waals surface area contributed by atoms with Crippen molar-refractivity contribution in [3.05, 3.63) is 23.3 Å². The van der Waals surface area contributed by atoms with Gasteiger partial charge >= 0.3 is 0 Å². The molecule has 1 aromatic rings. The van der Waals surface area contributed by atoms with Crippen LogP contribution in [0.4, 0.5) is 0 Å². The second-order valence-electron chi connectivity index (χ2n) is 3.13. The van der Waals surface area contributed by atoms with Crippen molar-refractivity contribution in [1.29, 1.82) is 0 Å². The van der Waals surface area contributed by atoms with E-state index in [1.807, 2.05) is 19.1 Å². The summed E-state index contributed by atoms with van der Waals surface area (Å²) in [4.78, 5) is 3.95. The number of methoxy groups -OCH3 is 2. The van der Waals surface area contributed by atoms with E-state index in [0.717, 1.165) is 11.1 Å². The molecule has 0 saturated carbocycles. The average molecular weight is 208 g/mol. The number of aliphatic imine (C=N–C) groups is 1. The van der Waals surface area contributed by atoms with E-state index in [2.05, 4.69) is 4.99 Å². The molecule has 1 aromatic carbocycles. The number of ether oxygens (including phenoxy) is 2. The van der Waals surface area contributed by atoms with Gasteiger partial charge in [0.1, 0.15) is 5.84 Å². The Balaban J connectivity index is 3.32. The lowest BCUT2D eigenvalue weighted by atomic mass is 10.1. The second-order valence-corrected chi connectivity index (χ2v) is 3.13. The molecule has 0 saturated heterocycles. The molecule has 1 rings (SSSR count). The predicted octanol–water partition coefficient (Wildman–Crippen LogP) is 1.35. The highest BCUT2D eigenvalue weighted by atomic mass is 16.5. The molecule has 4 heteroatoms. The SMILES string of the molecule is CN=C(N)c1cc(OC)c(OC)cc1C. The van der Waals surface area contributed by atoms with Crippen molar-refractivity contribution in [3.8, 4) is 11.5 Å². The molecule has 0 aliphatic carbocycles. The van der Waals surface area contributed by atoms with Gasteiger partial charge in [0.05, 0.1) is 14.2 Å². The molecule has 0 unspecified atom stereocenters. The summed E-state index contributed by atoms with van der Waals surface area (Å²) in [7, 11) is 4.86. The molecule has 0 amide bonds. The summed E-state index contributed by atoms with van der Waals surface area (Å²) in [6.45, 7) is 1.95. The summed E-state index contributed by atoms with van der Waals surface area (Å²) in [6, 6.07) is 3.71. The van der Waals surface area contributed by atoms with Crippen LogP contribution in [0.3, 0.4) is 0 Å². The minimum Gasteiger partial charge on any atom is -0.493 e. The minimum absolute atomic E-state index is 0.494. The molecular formula is C11H16N2O2. The number of aryl methyl sites for hydroxylation is 1. The van der Waals surface area contributed by atoms with Gasteiger partial charge in [-0.15, -0.1) is 0 Å². The number of benzene rings is 1. The molecule has 82 valence electrons. The molecule has 2 N–H and O–H groups in total. The lowest BCUT2D eigenvalue weighted by Crippen LogP contribution is -2.14. The fourth-order valence-electron chi connectivity index (χ4n) is 1.38. The molecule has 0 aliphatic heterocycles. The van der Waals surface area contributed by atoms with E-state index in [1.165, 1.54) is 0 Å². The highest BCUT2D eigenvalue weighted by Gasteiger charge is 2.10. The van der Waals surface area contributed by atoms with Gasteiger partial charge in [0.25, 0.3) is 0 Å². The summed E-state index contributed by atoms with van der Waals surface area (Å²) in [5.74, 6) is 1.85. The van der Waals surface area contributed by atoms with E-state index < -0.39 is 0 Å². The maximum Gasteiger partial charge on any atom is 0.161 e. The van der Waals surface area contributed by atoms with Crippen LogP contribution in [0.15, 0.2) is 17.1 Å². The van der Waals surface area contributed by atoms with Crippen LogP contribution in [0.25, 0.3) is 0 Å². The zero-order valence-electron chi connectivity index (χ0n) is 9.50. The van der Waals surface area contributed by atoms with Gasteiger partial charge < -0.3 is 15.2 Å². The Kier molecular flexibility index (Phi) is 3.55. The fourth-order valence-corrected chi connectivity index (χ4v) is 1.38. The van der Waals surface area contributed by atoms with Gasteiger partial charge in [0, 0.05) is 12.6 Å². The topological polar surface area (TPSA) is 56.8 Å². The highest BCUT2D eigenvalue weighted by molar-refractivity contribution is 5.99. The number of nitrogens with two attached hydrogens (primary N) is 1. The first-order valence-electron chi connectivity index (χ1n) is 4.59. The van der Waals surface area contributed by atoms with Gasteiger partial charge in [0.2, 0.25) is 0 Å². The third kappa shape index (κ3) is 2.21. The Hall–Kier alpha value is -1.71. The van der Waals surface area contributed by atoms with E-state index in [1.54, 1.807) is 21.3 Å². The first-order valence-corrected chi connectivity index (χ1v) is 4.59. The normalized spacial score (nSPS) is 11.3. The van der Waals surface area contributed by atoms with Crippen LogP contribution in [0.1, 0.15) is 11.1 Å². The molecule has 0 aromatic heterocycles. The maximum absolute atomic E-state index is 5.76. The lowest BCUT2D eigenvalue weighted by Gasteiger charge is -2.12. The Morgan fingerprint density at radius 3 is 2.20 bits per heavy atom. The van der Waals surface area contributed by atoms with Crippen molar-refractivity contribution in [3.63, 3.8) is 0 Å². The van der Waals surface area contributed by atoms with E-state index in [4.69, 9.17) is 15.2 Å². The third-order valence-electron chi connectivity index (χ3n) is 2.25. The highest BCUT2D eigenvalue weighted by Crippen LogP contribution is 2.29. The number of amidine groups is 1. The van der Waals surface area contributed by atoms with E-state index in [-0.39, 0.29) is 0 Å². The number of hydrogen-bond donors (Lipinski definition) is 1. The third-order valence-corrected chi connectivity index (χ3v) is 2.25. The molecular weight excluding hydrogens is 192 g/mol. The largest absolute Gasteiger partial charge is 0.493 e. The Labute approximate surface area is 89.7 Å². The zero-order chi connectivity index (χ0) is 11.4. The summed E-state index contributed by atoms with van der Waals surface area (Å²) >= 11 is 0. The Bertz CT molecular complexity index is 386. The molecule has 0 atom stereocenters. The lowest BCUT2D eigenvalue weighted by molar-refractivity contribution is 0.354. The fraction of sp³-hybridized carbons (Fsp3) is 0.364. The number of nitrogens with zero attached hydrogens (tertiary/aromatic N) is 1. The molecule has 0 aliphatic rings. The van der Waals surface area contributed by atoms with Crippen molar-refractivity contribution in [1.82, 2.24) is 0 Å². The van der Waals surface area contributed by atoms with Crippen molar-refractivity contribution in [2.45, 2.75) is 6.92 Å². The zero-order valence-corrected chi connectivity index (χ0v) is 9.50. The summed E-state index contributed by atoms with van der Waals surface area (Å²) in [6.07, 6.45) is 0. The smallest absolute Gasteiger partial charge is 0.161 e. The van der Waals surface area contributed by atoms with Gasteiger partial charge in [-0.2, -0.15) is 0 Å². The molecule has 4 nitrogen and oxygen atoms in total. The predicted molar refractivity (Wildman–Crippen MR) is 60.9 cm³/mol. The van der Waals surface area contributed by atoms with Gasteiger partial charge in [-0.1, -0.05) is 0 Å². The van der Waals surface area contributed by atoms with E-state index >= 15 is 0 Å². The van der Waals surface area contributed by atoms with Crippen molar-refractivity contribution >= 4 is 5.84 Å². The number of hydrogen-bond acceptors (Lipinski definition) is 3. The molecule has 15 heavy (non-hydrogen) atoms. The molecule has 0 radical (unpaired) electrons. The van der Waals surface area contributed by atoms with Crippen LogP contribution in [0.2, 0.25) is 0 Å². The standard InChI is InChI=1S/C11H16N2O2/c1-7-5-9(14-3)10(15-4)6-8(7)11(12)13-2/h5-6H,1-4H3,(H2,12,13). The molecule has 0 heterocycles. The first-order chi connectivity index (χ1) is 7.13. The molecule has 0 bridgehead atoms.